The van der Waals surface area contributed by atoms with Gasteiger partial charge in [-0.05, 0) is 56.2 Å². The highest BCUT2D eigenvalue weighted by Crippen LogP contribution is 2.30. The van der Waals surface area contributed by atoms with Crippen molar-refractivity contribution in [2.75, 3.05) is 44.2 Å². The molecule has 3 aromatic rings. The second-order valence-corrected chi connectivity index (χ2v) is 12.1. The Morgan fingerprint density at radius 3 is 2.44 bits per heavy atom. The van der Waals surface area contributed by atoms with E-state index in [1.165, 1.54) is 22.5 Å². The second-order valence-electron chi connectivity index (χ2n) is 9.79. The Balaban J connectivity index is 1.20. The quantitative estimate of drug-likeness (QED) is 0.426. The minimum absolute atomic E-state index is 0.0306. The number of sulfonamides is 1. The van der Waals surface area contributed by atoms with Crippen LogP contribution in [0.5, 0.6) is 0 Å². The third-order valence-electron chi connectivity index (χ3n) is 7.32. The molecule has 0 spiro atoms. The lowest BCUT2D eigenvalue weighted by Crippen LogP contribution is -2.52. The van der Waals surface area contributed by atoms with Gasteiger partial charge in [-0.25, -0.2) is 12.8 Å². The smallest absolute Gasteiger partial charge is 0.248 e. The van der Waals surface area contributed by atoms with E-state index in [4.69, 9.17) is 16.1 Å². The zero-order chi connectivity index (χ0) is 27.6. The lowest BCUT2D eigenvalue weighted by molar-refractivity contribution is -0.137. The van der Waals surface area contributed by atoms with Crippen molar-refractivity contribution in [3.63, 3.8) is 0 Å². The van der Waals surface area contributed by atoms with Crippen LogP contribution < -0.4 is 4.90 Å². The summed E-state index contributed by atoms with van der Waals surface area (Å²) in [5.74, 6) is -0.524. The molecule has 2 aliphatic rings. The average Bonchev–Trinajstić information content (AvgIpc) is 3.33. The maximum absolute atomic E-state index is 14.0. The van der Waals surface area contributed by atoms with Crippen molar-refractivity contribution in [1.82, 2.24) is 14.4 Å². The number of aromatic nitrogens is 1. The minimum Gasteiger partial charge on any atom is -0.368 e. The van der Waals surface area contributed by atoms with Crippen molar-refractivity contribution in [3.05, 3.63) is 76.4 Å². The summed E-state index contributed by atoms with van der Waals surface area (Å²) in [5.41, 5.74) is 1.59. The van der Waals surface area contributed by atoms with E-state index in [0.717, 1.165) is 18.8 Å². The van der Waals surface area contributed by atoms with Crippen LogP contribution in [0.15, 0.2) is 57.9 Å². The summed E-state index contributed by atoms with van der Waals surface area (Å²) in [7, 11) is -3.92. The zero-order valence-corrected chi connectivity index (χ0v) is 23.2. The lowest BCUT2D eigenvalue weighted by Gasteiger charge is -2.39. The first-order valence-electron chi connectivity index (χ1n) is 12.9. The molecule has 0 N–H and O–H groups in total. The van der Waals surface area contributed by atoms with Gasteiger partial charge in [-0.2, -0.15) is 4.31 Å². The summed E-state index contributed by atoms with van der Waals surface area (Å²) in [4.78, 5) is 17.3. The molecule has 5 rings (SSSR count). The van der Waals surface area contributed by atoms with Gasteiger partial charge < -0.3 is 14.3 Å². The molecule has 2 saturated heterocycles. The Bertz CT molecular complexity index is 1480. The molecule has 39 heavy (non-hydrogen) atoms. The van der Waals surface area contributed by atoms with E-state index in [2.05, 4.69) is 10.1 Å². The Morgan fingerprint density at radius 1 is 1.03 bits per heavy atom. The van der Waals surface area contributed by atoms with Crippen molar-refractivity contribution in [3.8, 4) is 0 Å². The molecular weight excluding hydrogens is 543 g/mol. The van der Waals surface area contributed by atoms with E-state index >= 15 is 0 Å². The van der Waals surface area contributed by atoms with Gasteiger partial charge in [-0.3, -0.25) is 4.79 Å². The number of hydrogen-bond donors (Lipinski definition) is 0. The van der Waals surface area contributed by atoms with Gasteiger partial charge in [0, 0.05) is 61.5 Å². The molecule has 0 atom stereocenters. The number of hydrogen-bond acceptors (Lipinski definition) is 6. The summed E-state index contributed by atoms with van der Waals surface area (Å²) in [6.45, 7) is 4.67. The Hall–Kier alpha value is -3.21. The number of rotatable bonds is 6. The summed E-state index contributed by atoms with van der Waals surface area (Å²) < 4.78 is 47.8. The van der Waals surface area contributed by atoms with Crippen LogP contribution in [-0.2, 0) is 14.8 Å². The molecule has 1 amide bonds. The summed E-state index contributed by atoms with van der Waals surface area (Å²) in [6.07, 6.45) is 3.77. The number of benzene rings is 2. The van der Waals surface area contributed by atoms with Gasteiger partial charge in [0.2, 0.25) is 15.9 Å². The number of aryl methyl sites for hydroxylation is 1. The SMILES string of the molecule is Cc1noc(C=Cc2ccccc2F)c1S(=O)(=O)N1CCC(C(=O)N2CCN(c3cccc(Cl)c3)CC2)CC1. The molecule has 0 aliphatic carbocycles. The van der Waals surface area contributed by atoms with Gasteiger partial charge in [0.1, 0.15) is 11.5 Å². The topological polar surface area (TPSA) is 87.0 Å². The second kappa shape index (κ2) is 11.5. The van der Waals surface area contributed by atoms with Crippen LogP contribution in [0, 0.1) is 18.7 Å². The molecule has 11 heteroatoms. The fourth-order valence-electron chi connectivity index (χ4n) is 5.16. The first-order valence-corrected chi connectivity index (χ1v) is 14.7. The predicted octanol–water partition coefficient (Wildman–Crippen LogP) is 4.70. The minimum atomic E-state index is -3.92. The van der Waals surface area contributed by atoms with Gasteiger partial charge >= 0.3 is 0 Å². The van der Waals surface area contributed by atoms with E-state index in [0.29, 0.717) is 36.5 Å². The molecule has 2 aliphatic heterocycles. The summed E-state index contributed by atoms with van der Waals surface area (Å²) >= 11 is 6.12. The van der Waals surface area contributed by atoms with Crippen molar-refractivity contribution in [1.29, 1.82) is 0 Å². The Kier molecular flexibility index (Phi) is 8.06. The van der Waals surface area contributed by atoms with E-state index in [1.807, 2.05) is 29.2 Å². The molecule has 0 bridgehead atoms. The number of halogens is 2. The van der Waals surface area contributed by atoms with Crippen LogP contribution in [0.1, 0.15) is 29.9 Å². The number of carbonyl (C=O) groups excluding carboxylic acids is 1. The van der Waals surface area contributed by atoms with Gasteiger partial charge in [-0.15, -0.1) is 0 Å². The molecule has 0 radical (unpaired) electrons. The highest BCUT2D eigenvalue weighted by molar-refractivity contribution is 7.89. The normalized spacial score (nSPS) is 17.7. The largest absolute Gasteiger partial charge is 0.368 e. The molecule has 8 nitrogen and oxygen atoms in total. The molecule has 0 saturated carbocycles. The van der Waals surface area contributed by atoms with E-state index in [9.17, 15) is 17.6 Å². The molecule has 0 unspecified atom stereocenters. The third-order valence-corrected chi connectivity index (χ3v) is 9.61. The monoisotopic (exact) mass is 572 g/mol. The first-order chi connectivity index (χ1) is 18.7. The van der Waals surface area contributed by atoms with E-state index < -0.39 is 15.8 Å². The number of piperidine rings is 1. The lowest BCUT2D eigenvalue weighted by atomic mass is 9.96. The number of carbonyl (C=O) groups is 1. The highest BCUT2D eigenvalue weighted by atomic mass is 35.5. The fourth-order valence-corrected chi connectivity index (χ4v) is 7.07. The number of piperazine rings is 1. The maximum atomic E-state index is 14.0. The zero-order valence-electron chi connectivity index (χ0n) is 21.6. The Morgan fingerprint density at radius 2 is 1.74 bits per heavy atom. The summed E-state index contributed by atoms with van der Waals surface area (Å²) in [5, 5.41) is 4.53. The van der Waals surface area contributed by atoms with Crippen LogP contribution in [0.2, 0.25) is 5.02 Å². The molecular formula is C28H30ClFN4O4S. The van der Waals surface area contributed by atoms with Crippen molar-refractivity contribution in [2.45, 2.75) is 24.7 Å². The highest BCUT2D eigenvalue weighted by Gasteiger charge is 2.37. The number of anilines is 1. The van der Waals surface area contributed by atoms with Crippen LogP contribution in [-0.4, -0.2) is 68.0 Å². The number of nitrogens with zero attached hydrogens (tertiary/aromatic N) is 4. The van der Waals surface area contributed by atoms with Crippen LogP contribution in [0.3, 0.4) is 0 Å². The van der Waals surface area contributed by atoms with Crippen LogP contribution in [0.25, 0.3) is 12.2 Å². The van der Waals surface area contributed by atoms with Gasteiger partial charge in [0.15, 0.2) is 10.7 Å². The molecule has 1 aromatic heterocycles. The molecule has 2 fully saturated rings. The van der Waals surface area contributed by atoms with E-state index in [1.54, 1.807) is 25.1 Å². The van der Waals surface area contributed by atoms with Crippen molar-refractivity contribution in [2.24, 2.45) is 5.92 Å². The molecule has 3 heterocycles. The van der Waals surface area contributed by atoms with Gasteiger partial charge in [-0.1, -0.05) is 41.0 Å². The number of amides is 1. The average molecular weight is 573 g/mol. The molecule has 2 aromatic carbocycles. The van der Waals surface area contributed by atoms with Crippen LogP contribution in [0.4, 0.5) is 10.1 Å². The molecule has 206 valence electrons. The van der Waals surface area contributed by atoms with E-state index in [-0.39, 0.29) is 41.3 Å². The standard InChI is InChI=1S/C28H30ClFN4O4S/c1-20-27(26(38-31-20)10-9-21-5-2-3-8-25(21)30)39(36,37)34-13-11-22(12-14-34)28(35)33-17-15-32(16-18-33)24-7-4-6-23(29)19-24/h2-10,19,22H,11-18H2,1H3. The maximum Gasteiger partial charge on any atom is 0.248 e. The van der Waals surface area contributed by atoms with Crippen molar-refractivity contribution < 1.29 is 22.1 Å². The fraction of sp³-hybridized carbons (Fsp3) is 0.357. The van der Waals surface area contributed by atoms with Gasteiger partial charge in [0.25, 0.3) is 0 Å². The van der Waals surface area contributed by atoms with Crippen molar-refractivity contribution >= 4 is 45.4 Å². The Labute approximate surface area is 232 Å². The third kappa shape index (κ3) is 5.88. The summed E-state index contributed by atoms with van der Waals surface area (Å²) in [6, 6.07) is 13.9. The first kappa shape index (κ1) is 27.4. The van der Waals surface area contributed by atoms with Gasteiger partial charge in [0.05, 0.1) is 0 Å². The van der Waals surface area contributed by atoms with Crippen LogP contribution >= 0.6 is 11.6 Å². The predicted molar refractivity (Wildman–Crippen MR) is 148 cm³/mol.